The first-order valence-electron chi connectivity index (χ1n) is 4.51. The molecule has 13 heavy (non-hydrogen) atoms. The van der Waals surface area contributed by atoms with Crippen LogP contribution >= 0.6 is 11.8 Å². The number of nitriles is 1. The third-order valence-corrected chi connectivity index (χ3v) is 3.30. The van der Waals surface area contributed by atoms with Gasteiger partial charge >= 0.3 is 0 Å². The zero-order chi connectivity index (χ0) is 9.68. The Bertz CT molecular complexity index is 218. The minimum Gasteiger partial charge on any atom is -0.340 e. The van der Waals surface area contributed by atoms with E-state index >= 15 is 0 Å². The van der Waals surface area contributed by atoms with Crippen LogP contribution in [-0.4, -0.2) is 23.5 Å². The van der Waals surface area contributed by atoms with Crippen molar-refractivity contribution in [2.75, 3.05) is 11.5 Å². The van der Waals surface area contributed by atoms with Crippen LogP contribution in [0.4, 0.5) is 0 Å². The monoisotopic (exact) mass is 198 g/mol. The summed E-state index contributed by atoms with van der Waals surface area (Å²) in [6.07, 6.45) is 2.08. The predicted octanol–water partition coefficient (Wildman–Crippen LogP) is 1.16. The van der Waals surface area contributed by atoms with Gasteiger partial charge in [0, 0.05) is 11.7 Å². The Labute approximate surface area is 82.9 Å². The molecule has 1 saturated heterocycles. The summed E-state index contributed by atoms with van der Waals surface area (Å²) in [6, 6.07) is 1.63. The minimum absolute atomic E-state index is 0.0428. The van der Waals surface area contributed by atoms with Crippen molar-refractivity contribution in [1.82, 2.24) is 5.32 Å². The van der Waals surface area contributed by atoms with Crippen LogP contribution in [0.1, 0.15) is 19.8 Å². The van der Waals surface area contributed by atoms with Crippen molar-refractivity contribution in [2.24, 2.45) is 5.92 Å². The minimum atomic E-state index is -0.362. The highest BCUT2D eigenvalue weighted by Crippen LogP contribution is 2.22. The highest BCUT2D eigenvalue weighted by atomic mass is 32.2. The SMILES string of the molecule is C[C@H](C#N)NC(=O)C1CCCSC1. The molecular formula is C9H14N2OS. The summed E-state index contributed by atoms with van der Waals surface area (Å²) < 4.78 is 0. The molecule has 1 heterocycles. The van der Waals surface area contributed by atoms with E-state index < -0.39 is 0 Å². The molecule has 0 aliphatic carbocycles. The Balaban J connectivity index is 2.34. The van der Waals surface area contributed by atoms with Crippen molar-refractivity contribution in [3.63, 3.8) is 0 Å². The molecule has 4 heteroatoms. The number of hydrogen-bond acceptors (Lipinski definition) is 3. The lowest BCUT2D eigenvalue weighted by atomic mass is 10.0. The van der Waals surface area contributed by atoms with E-state index in [0.717, 1.165) is 24.3 Å². The predicted molar refractivity (Wildman–Crippen MR) is 53.3 cm³/mol. The Kier molecular flexibility index (Phi) is 4.10. The van der Waals surface area contributed by atoms with Gasteiger partial charge in [-0.2, -0.15) is 17.0 Å². The largest absolute Gasteiger partial charge is 0.340 e. The van der Waals surface area contributed by atoms with Gasteiger partial charge < -0.3 is 5.32 Å². The lowest BCUT2D eigenvalue weighted by Gasteiger charge is -2.20. The van der Waals surface area contributed by atoms with Crippen LogP contribution in [0.3, 0.4) is 0 Å². The normalized spacial score (nSPS) is 24.5. The van der Waals surface area contributed by atoms with Crippen LogP contribution in [0.5, 0.6) is 0 Å². The maximum absolute atomic E-state index is 11.5. The first-order chi connectivity index (χ1) is 6.24. The van der Waals surface area contributed by atoms with Crippen LogP contribution in [0, 0.1) is 17.2 Å². The van der Waals surface area contributed by atoms with Gasteiger partial charge in [-0.05, 0) is 25.5 Å². The molecule has 0 aromatic rings. The maximum Gasteiger partial charge on any atom is 0.224 e. The van der Waals surface area contributed by atoms with E-state index in [-0.39, 0.29) is 17.9 Å². The topological polar surface area (TPSA) is 52.9 Å². The van der Waals surface area contributed by atoms with Crippen LogP contribution in [0.15, 0.2) is 0 Å². The second-order valence-electron chi connectivity index (χ2n) is 3.27. The van der Waals surface area contributed by atoms with E-state index in [1.807, 2.05) is 17.8 Å². The Morgan fingerprint density at radius 2 is 2.54 bits per heavy atom. The molecule has 0 aromatic carbocycles. The van der Waals surface area contributed by atoms with Gasteiger partial charge in [0.25, 0.3) is 0 Å². The number of carbonyl (C=O) groups is 1. The molecule has 0 aromatic heterocycles. The van der Waals surface area contributed by atoms with Crippen LogP contribution in [-0.2, 0) is 4.79 Å². The number of rotatable bonds is 2. The lowest BCUT2D eigenvalue weighted by molar-refractivity contribution is -0.124. The summed E-state index contributed by atoms with van der Waals surface area (Å²) in [5.41, 5.74) is 0. The number of hydrogen-bond donors (Lipinski definition) is 1. The highest BCUT2D eigenvalue weighted by molar-refractivity contribution is 7.99. The fourth-order valence-electron chi connectivity index (χ4n) is 1.31. The Morgan fingerprint density at radius 3 is 3.08 bits per heavy atom. The summed E-state index contributed by atoms with van der Waals surface area (Å²) in [7, 11) is 0. The molecule has 1 rings (SSSR count). The summed E-state index contributed by atoms with van der Waals surface area (Å²) >= 11 is 1.82. The van der Waals surface area contributed by atoms with E-state index in [4.69, 9.17) is 5.26 Å². The van der Waals surface area contributed by atoms with E-state index in [0.29, 0.717) is 0 Å². The lowest BCUT2D eigenvalue weighted by Crippen LogP contribution is -2.38. The molecular weight excluding hydrogens is 184 g/mol. The van der Waals surface area contributed by atoms with Gasteiger partial charge in [0.2, 0.25) is 5.91 Å². The van der Waals surface area contributed by atoms with E-state index in [1.54, 1.807) is 6.92 Å². The van der Waals surface area contributed by atoms with E-state index in [9.17, 15) is 4.79 Å². The third-order valence-electron chi connectivity index (χ3n) is 2.08. The van der Waals surface area contributed by atoms with E-state index in [1.165, 1.54) is 0 Å². The highest BCUT2D eigenvalue weighted by Gasteiger charge is 2.22. The molecule has 1 N–H and O–H groups in total. The zero-order valence-corrected chi connectivity index (χ0v) is 8.56. The van der Waals surface area contributed by atoms with Gasteiger partial charge in [0.15, 0.2) is 0 Å². The summed E-state index contributed by atoms with van der Waals surface area (Å²) in [6.45, 7) is 1.70. The first kappa shape index (κ1) is 10.4. The van der Waals surface area contributed by atoms with Gasteiger partial charge in [-0.25, -0.2) is 0 Å². The van der Waals surface area contributed by atoms with Crippen molar-refractivity contribution in [3.05, 3.63) is 0 Å². The van der Waals surface area contributed by atoms with Crippen LogP contribution in [0.2, 0.25) is 0 Å². The van der Waals surface area contributed by atoms with Gasteiger partial charge in [-0.3, -0.25) is 4.79 Å². The molecule has 1 amide bonds. The van der Waals surface area contributed by atoms with Gasteiger partial charge in [0.05, 0.1) is 6.07 Å². The van der Waals surface area contributed by atoms with Crippen molar-refractivity contribution in [2.45, 2.75) is 25.8 Å². The second-order valence-corrected chi connectivity index (χ2v) is 4.42. The van der Waals surface area contributed by atoms with Crippen LogP contribution in [0.25, 0.3) is 0 Å². The summed E-state index contributed by atoms with van der Waals surface area (Å²) in [5, 5.41) is 11.2. The molecule has 0 bridgehead atoms. The summed E-state index contributed by atoms with van der Waals surface area (Å²) in [5.74, 6) is 2.23. The average molecular weight is 198 g/mol. The van der Waals surface area contributed by atoms with Crippen molar-refractivity contribution >= 4 is 17.7 Å². The fraction of sp³-hybridized carbons (Fsp3) is 0.778. The maximum atomic E-state index is 11.5. The number of nitrogens with one attached hydrogen (secondary N) is 1. The van der Waals surface area contributed by atoms with Crippen molar-refractivity contribution in [3.8, 4) is 6.07 Å². The number of amides is 1. The Hall–Kier alpha value is -0.690. The van der Waals surface area contributed by atoms with Crippen molar-refractivity contribution in [1.29, 1.82) is 5.26 Å². The summed E-state index contributed by atoms with van der Waals surface area (Å²) in [4.78, 5) is 11.5. The molecule has 1 fully saturated rings. The smallest absolute Gasteiger partial charge is 0.224 e. The molecule has 0 radical (unpaired) electrons. The first-order valence-corrected chi connectivity index (χ1v) is 5.67. The molecule has 0 spiro atoms. The van der Waals surface area contributed by atoms with Crippen molar-refractivity contribution < 1.29 is 4.79 Å². The molecule has 3 nitrogen and oxygen atoms in total. The number of thioether (sulfide) groups is 1. The quantitative estimate of drug-likeness (QED) is 0.724. The number of nitrogens with zero attached hydrogens (tertiary/aromatic N) is 1. The molecule has 1 unspecified atom stereocenters. The second kappa shape index (κ2) is 5.13. The molecule has 0 saturated carbocycles. The molecule has 72 valence electrons. The van der Waals surface area contributed by atoms with Crippen LogP contribution < -0.4 is 5.32 Å². The van der Waals surface area contributed by atoms with E-state index in [2.05, 4.69) is 5.32 Å². The average Bonchev–Trinajstić information content (AvgIpc) is 2.19. The van der Waals surface area contributed by atoms with Gasteiger partial charge in [-0.1, -0.05) is 0 Å². The molecule has 1 aliphatic heterocycles. The van der Waals surface area contributed by atoms with Gasteiger partial charge in [0.1, 0.15) is 6.04 Å². The standard InChI is InChI=1S/C9H14N2OS/c1-7(5-10)11-9(12)8-3-2-4-13-6-8/h7-8H,2-4,6H2,1H3,(H,11,12)/t7-,8?/m1/s1. The zero-order valence-electron chi connectivity index (χ0n) is 7.75. The Morgan fingerprint density at radius 1 is 1.77 bits per heavy atom. The molecule has 2 atom stereocenters. The molecule has 1 aliphatic rings. The third kappa shape index (κ3) is 3.27. The van der Waals surface area contributed by atoms with Gasteiger partial charge in [-0.15, -0.1) is 0 Å². The fourth-order valence-corrected chi connectivity index (χ4v) is 2.45. The number of carbonyl (C=O) groups excluding carboxylic acids is 1.